The highest BCUT2D eigenvalue weighted by molar-refractivity contribution is 5.97. The smallest absolute Gasteiger partial charge is 0.271 e. The molecule has 8 heteroatoms. The molecule has 8 nitrogen and oxygen atoms in total. The number of carbonyl (C=O) groups excluding carboxylic acids is 2. The Morgan fingerprint density at radius 2 is 1.90 bits per heavy atom. The molecule has 0 radical (unpaired) electrons. The minimum absolute atomic E-state index is 0.0570. The van der Waals surface area contributed by atoms with Crippen molar-refractivity contribution < 1.29 is 14.5 Å². The van der Waals surface area contributed by atoms with Crippen molar-refractivity contribution >= 4 is 29.4 Å². The SMILES string of the molecule is CCCCCCC(=O)Nc1cccc(C(=O)NN=Cc2cccc([N+](=O)[O-])c2)c1. The number of carbonyl (C=O) groups is 2. The van der Waals surface area contributed by atoms with Crippen LogP contribution in [0.2, 0.25) is 0 Å². The first-order chi connectivity index (χ1) is 14.0. The number of nitro groups is 1. The van der Waals surface area contributed by atoms with Gasteiger partial charge in [-0.1, -0.05) is 44.4 Å². The third-order valence-corrected chi connectivity index (χ3v) is 4.13. The van der Waals surface area contributed by atoms with Crippen LogP contribution in [0.3, 0.4) is 0 Å². The van der Waals surface area contributed by atoms with Crippen molar-refractivity contribution in [2.75, 3.05) is 5.32 Å². The van der Waals surface area contributed by atoms with Gasteiger partial charge in [0.2, 0.25) is 5.91 Å². The zero-order chi connectivity index (χ0) is 21.1. The minimum Gasteiger partial charge on any atom is -0.326 e. The van der Waals surface area contributed by atoms with E-state index in [1.807, 2.05) is 0 Å². The molecule has 0 saturated heterocycles. The summed E-state index contributed by atoms with van der Waals surface area (Å²) < 4.78 is 0. The van der Waals surface area contributed by atoms with E-state index in [2.05, 4.69) is 22.8 Å². The summed E-state index contributed by atoms with van der Waals surface area (Å²) in [4.78, 5) is 34.5. The number of non-ortho nitro benzene ring substituents is 1. The maximum atomic E-state index is 12.2. The maximum absolute atomic E-state index is 12.2. The molecule has 29 heavy (non-hydrogen) atoms. The molecule has 0 aliphatic rings. The van der Waals surface area contributed by atoms with Gasteiger partial charge in [0.05, 0.1) is 11.1 Å². The first-order valence-corrected chi connectivity index (χ1v) is 9.47. The lowest BCUT2D eigenvalue weighted by Gasteiger charge is -2.07. The van der Waals surface area contributed by atoms with Gasteiger partial charge in [-0.05, 0) is 24.6 Å². The summed E-state index contributed by atoms with van der Waals surface area (Å²) in [7, 11) is 0. The Balaban J connectivity index is 1.91. The molecule has 0 spiro atoms. The number of benzene rings is 2. The average Bonchev–Trinajstić information content (AvgIpc) is 2.71. The molecule has 0 unspecified atom stereocenters. The van der Waals surface area contributed by atoms with Gasteiger partial charge in [0, 0.05) is 35.4 Å². The third-order valence-electron chi connectivity index (χ3n) is 4.13. The lowest BCUT2D eigenvalue weighted by molar-refractivity contribution is -0.384. The second-order valence-corrected chi connectivity index (χ2v) is 6.49. The standard InChI is InChI=1S/C21H24N4O4/c1-2-3-4-5-12-20(26)23-18-10-7-9-17(14-18)21(27)24-22-15-16-8-6-11-19(13-16)25(28)29/h6-11,13-15H,2-5,12H2,1H3,(H,23,26)(H,24,27). The first kappa shape index (κ1) is 21.7. The second-order valence-electron chi connectivity index (χ2n) is 6.49. The van der Waals surface area contributed by atoms with Gasteiger partial charge in [0.25, 0.3) is 11.6 Å². The summed E-state index contributed by atoms with van der Waals surface area (Å²) in [6, 6.07) is 12.5. The number of unbranched alkanes of at least 4 members (excludes halogenated alkanes) is 3. The predicted molar refractivity (Wildman–Crippen MR) is 112 cm³/mol. The van der Waals surface area contributed by atoms with Gasteiger partial charge in [-0.15, -0.1) is 0 Å². The van der Waals surface area contributed by atoms with E-state index in [1.165, 1.54) is 24.4 Å². The number of anilines is 1. The van der Waals surface area contributed by atoms with Crippen molar-refractivity contribution in [3.63, 3.8) is 0 Å². The number of hydrogen-bond donors (Lipinski definition) is 2. The molecular formula is C21H24N4O4. The third kappa shape index (κ3) is 7.53. The van der Waals surface area contributed by atoms with E-state index in [9.17, 15) is 19.7 Å². The van der Waals surface area contributed by atoms with Gasteiger partial charge in [-0.3, -0.25) is 19.7 Å². The zero-order valence-electron chi connectivity index (χ0n) is 16.3. The van der Waals surface area contributed by atoms with Crippen LogP contribution in [0.25, 0.3) is 0 Å². The van der Waals surface area contributed by atoms with Crippen LogP contribution in [-0.4, -0.2) is 23.0 Å². The quantitative estimate of drug-likeness (QED) is 0.270. The Hall–Kier alpha value is -3.55. The summed E-state index contributed by atoms with van der Waals surface area (Å²) >= 11 is 0. The molecule has 0 aliphatic carbocycles. The highest BCUT2D eigenvalue weighted by Crippen LogP contribution is 2.13. The largest absolute Gasteiger partial charge is 0.326 e. The van der Waals surface area contributed by atoms with Crippen molar-refractivity contribution in [3.8, 4) is 0 Å². The van der Waals surface area contributed by atoms with Crippen LogP contribution in [0.5, 0.6) is 0 Å². The molecule has 0 fully saturated rings. The number of rotatable bonds is 10. The van der Waals surface area contributed by atoms with Crippen LogP contribution in [0.1, 0.15) is 54.9 Å². The summed E-state index contributed by atoms with van der Waals surface area (Å²) in [5.74, 6) is -0.534. The summed E-state index contributed by atoms with van der Waals surface area (Å²) in [6.45, 7) is 2.12. The summed E-state index contributed by atoms with van der Waals surface area (Å²) in [5, 5.41) is 17.4. The molecule has 0 aliphatic heterocycles. The van der Waals surface area contributed by atoms with Gasteiger partial charge < -0.3 is 5.32 Å². The molecule has 2 aromatic rings. The average molecular weight is 396 g/mol. The van der Waals surface area contributed by atoms with Gasteiger partial charge in [-0.2, -0.15) is 5.10 Å². The number of nitrogens with zero attached hydrogens (tertiary/aromatic N) is 2. The highest BCUT2D eigenvalue weighted by atomic mass is 16.6. The van der Waals surface area contributed by atoms with Crippen molar-refractivity contribution in [2.24, 2.45) is 5.10 Å². The van der Waals surface area contributed by atoms with Crippen LogP contribution in [0.4, 0.5) is 11.4 Å². The lowest BCUT2D eigenvalue weighted by atomic mass is 10.1. The molecule has 0 heterocycles. The van der Waals surface area contributed by atoms with Gasteiger partial charge in [0.1, 0.15) is 0 Å². The predicted octanol–water partition coefficient (Wildman–Crippen LogP) is 4.27. The Kier molecular flexibility index (Phi) is 8.50. The Labute approximate surface area is 169 Å². The Bertz CT molecular complexity index is 896. The molecule has 0 atom stereocenters. The lowest BCUT2D eigenvalue weighted by Crippen LogP contribution is -2.18. The number of nitrogens with one attached hydrogen (secondary N) is 2. The summed E-state index contributed by atoms with van der Waals surface area (Å²) in [5.41, 5.74) is 3.69. The van der Waals surface area contributed by atoms with Crippen molar-refractivity contribution in [1.29, 1.82) is 0 Å². The van der Waals surface area contributed by atoms with Gasteiger partial charge >= 0.3 is 0 Å². The molecule has 2 aromatic carbocycles. The monoisotopic (exact) mass is 396 g/mol. The first-order valence-electron chi connectivity index (χ1n) is 9.47. The molecule has 0 saturated carbocycles. The van der Waals surface area contributed by atoms with E-state index in [1.54, 1.807) is 30.3 Å². The van der Waals surface area contributed by atoms with Crippen LogP contribution in [-0.2, 0) is 4.79 Å². The van der Waals surface area contributed by atoms with Crippen LogP contribution in [0, 0.1) is 10.1 Å². The topological polar surface area (TPSA) is 114 Å². The molecule has 152 valence electrons. The van der Waals surface area contributed by atoms with E-state index < -0.39 is 10.8 Å². The summed E-state index contributed by atoms with van der Waals surface area (Å²) in [6.07, 6.45) is 5.86. The number of nitro benzene ring substituents is 1. The minimum atomic E-state index is -0.500. The highest BCUT2D eigenvalue weighted by Gasteiger charge is 2.08. The zero-order valence-corrected chi connectivity index (χ0v) is 16.3. The maximum Gasteiger partial charge on any atom is 0.271 e. The molecule has 2 N–H and O–H groups in total. The van der Waals surface area contributed by atoms with Crippen LogP contribution in [0.15, 0.2) is 53.6 Å². The molecule has 0 bridgehead atoms. The molecule has 0 aromatic heterocycles. The van der Waals surface area contributed by atoms with Crippen molar-refractivity contribution in [2.45, 2.75) is 39.0 Å². The molecular weight excluding hydrogens is 372 g/mol. The Morgan fingerprint density at radius 1 is 1.10 bits per heavy atom. The molecule has 2 rings (SSSR count). The fourth-order valence-electron chi connectivity index (χ4n) is 2.62. The van der Waals surface area contributed by atoms with E-state index in [-0.39, 0.29) is 11.6 Å². The number of hydrazone groups is 1. The van der Waals surface area contributed by atoms with E-state index in [0.717, 1.165) is 25.7 Å². The van der Waals surface area contributed by atoms with Crippen LogP contribution < -0.4 is 10.7 Å². The van der Waals surface area contributed by atoms with E-state index >= 15 is 0 Å². The van der Waals surface area contributed by atoms with Crippen LogP contribution >= 0.6 is 0 Å². The van der Waals surface area contributed by atoms with Crippen molar-refractivity contribution in [1.82, 2.24) is 5.43 Å². The Morgan fingerprint density at radius 3 is 2.66 bits per heavy atom. The second kappa shape index (κ2) is 11.3. The van der Waals surface area contributed by atoms with E-state index in [0.29, 0.717) is 23.2 Å². The van der Waals surface area contributed by atoms with Gasteiger partial charge in [0.15, 0.2) is 0 Å². The van der Waals surface area contributed by atoms with Gasteiger partial charge in [-0.25, -0.2) is 5.43 Å². The number of hydrogen-bond acceptors (Lipinski definition) is 5. The van der Waals surface area contributed by atoms with Crippen molar-refractivity contribution in [3.05, 3.63) is 69.8 Å². The normalized spacial score (nSPS) is 10.7. The fraction of sp³-hybridized carbons (Fsp3) is 0.286. The number of amides is 2. The fourth-order valence-corrected chi connectivity index (χ4v) is 2.62. The van der Waals surface area contributed by atoms with E-state index in [4.69, 9.17) is 0 Å². The molecule has 2 amide bonds.